The van der Waals surface area contributed by atoms with Gasteiger partial charge < -0.3 is 14.3 Å². The highest BCUT2D eigenvalue weighted by molar-refractivity contribution is 7.89. The molecule has 3 heterocycles. The first-order chi connectivity index (χ1) is 14.9. The molecule has 0 aliphatic heterocycles. The van der Waals surface area contributed by atoms with Crippen molar-refractivity contribution in [1.29, 1.82) is 0 Å². The molecule has 0 fully saturated rings. The lowest BCUT2D eigenvalue weighted by molar-refractivity contribution is -0.131. The second-order valence-corrected chi connectivity index (χ2v) is 9.60. The van der Waals surface area contributed by atoms with Gasteiger partial charge in [0, 0.05) is 16.5 Å². The third kappa shape index (κ3) is 5.10. The highest BCUT2D eigenvalue weighted by Crippen LogP contribution is 2.17. The Morgan fingerprint density at radius 2 is 1.97 bits per heavy atom. The number of amides is 1. The number of furan rings is 1. The molecule has 4 rings (SSSR count). The normalized spacial score (nSPS) is 11.6. The maximum Gasteiger partial charge on any atom is 0.248 e. The first-order valence-corrected chi connectivity index (χ1v) is 11.7. The number of rotatable bonds is 8. The quantitative estimate of drug-likeness (QED) is 0.422. The second kappa shape index (κ2) is 8.88. The third-order valence-electron chi connectivity index (χ3n) is 4.63. The molecule has 0 spiro atoms. The number of aromatic nitrogens is 1. The maximum atomic E-state index is 12.8. The van der Waals surface area contributed by atoms with E-state index in [2.05, 4.69) is 9.71 Å². The average Bonchev–Trinajstić information content (AvgIpc) is 3.45. The Kier molecular flexibility index (Phi) is 6.03. The Labute approximate surface area is 182 Å². The van der Waals surface area contributed by atoms with Gasteiger partial charge in [0.05, 0.1) is 30.8 Å². The van der Waals surface area contributed by atoms with Crippen LogP contribution >= 0.6 is 11.3 Å². The van der Waals surface area contributed by atoms with Crippen molar-refractivity contribution in [3.63, 3.8) is 0 Å². The van der Waals surface area contributed by atoms with E-state index in [9.17, 15) is 18.0 Å². The summed E-state index contributed by atoms with van der Waals surface area (Å²) >= 11 is 1.52. The predicted octanol–water partition coefficient (Wildman–Crippen LogP) is 2.69. The molecule has 0 radical (unpaired) electrons. The fraction of sp³-hybridized carbons (Fsp3) is 0.143. The molecule has 3 aromatic heterocycles. The number of carbonyl (C=O) groups excluding carboxylic acids is 1. The summed E-state index contributed by atoms with van der Waals surface area (Å²) in [7, 11) is -3.92. The Morgan fingerprint density at radius 1 is 1.10 bits per heavy atom. The summed E-state index contributed by atoms with van der Waals surface area (Å²) in [4.78, 5) is 29.4. The van der Waals surface area contributed by atoms with Crippen LogP contribution in [0.5, 0.6) is 0 Å². The van der Waals surface area contributed by atoms with Crippen LogP contribution in [0.3, 0.4) is 0 Å². The number of carbonyl (C=O) groups is 1. The lowest BCUT2D eigenvalue weighted by Gasteiger charge is -2.21. The number of benzene rings is 1. The minimum Gasteiger partial charge on any atom is -0.467 e. The third-order valence-corrected chi connectivity index (χ3v) is 6.89. The molecule has 160 valence electrons. The topological polar surface area (TPSA) is 112 Å². The Morgan fingerprint density at radius 3 is 2.71 bits per heavy atom. The van der Waals surface area contributed by atoms with Crippen molar-refractivity contribution in [1.82, 2.24) is 14.6 Å². The molecule has 0 bridgehead atoms. The average molecular weight is 458 g/mol. The molecule has 0 saturated heterocycles. The molecule has 2 N–H and O–H groups in total. The van der Waals surface area contributed by atoms with E-state index in [-0.39, 0.29) is 22.9 Å². The molecular weight excluding hydrogens is 438 g/mol. The number of thiophene rings is 1. The predicted molar refractivity (Wildman–Crippen MR) is 117 cm³/mol. The van der Waals surface area contributed by atoms with Crippen LogP contribution in [-0.2, 0) is 27.9 Å². The van der Waals surface area contributed by atoms with E-state index in [1.807, 2.05) is 17.5 Å². The largest absolute Gasteiger partial charge is 0.467 e. The van der Waals surface area contributed by atoms with Crippen molar-refractivity contribution in [3.8, 4) is 0 Å². The summed E-state index contributed by atoms with van der Waals surface area (Å²) < 4.78 is 33.2. The van der Waals surface area contributed by atoms with Gasteiger partial charge in [-0.3, -0.25) is 9.59 Å². The lowest BCUT2D eigenvalue weighted by atomic mass is 10.2. The zero-order valence-electron chi connectivity index (χ0n) is 16.3. The van der Waals surface area contributed by atoms with Gasteiger partial charge in [-0.25, -0.2) is 13.1 Å². The van der Waals surface area contributed by atoms with Gasteiger partial charge in [0.15, 0.2) is 0 Å². The molecule has 1 aromatic carbocycles. The Balaban J connectivity index is 1.49. The number of hydrogen-bond donors (Lipinski definition) is 2. The number of nitrogens with zero attached hydrogens (tertiary/aromatic N) is 1. The molecule has 1 amide bonds. The van der Waals surface area contributed by atoms with E-state index in [0.29, 0.717) is 23.2 Å². The fourth-order valence-electron chi connectivity index (χ4n) is 3.07. The molecule has 0 unspecified atom stereocenters. The van der Waals surface area contributed by atoms with E-state index in [0.717, 1.165) is 4.88 Å². The minimum atomic E-state index is -3.92. The van der Waals surface area contributed by atoms with Gasteiger partial charge in [0.1, 0.15) is 5.76 Å². The van der Waals surface area contributed by atoms with Gasteiger partial charge in [-0.05, 0) is 53.2 Å². The van der Waals surface area contributed by atoms with Crippen LogP contribution in [-0.4, -0.2) is 30.8 Å². The number of H-pyrrole nitrogens is 1. The summed E-state index contributed by atoms with van der Waals surface area (Å²) in [6.07, 6.45) is 1.53. The van der Waals surface area contributed by atoms with Crippen molar-refractivity contribution in [2.75, 3.05) is 6.54 Å². The van der Waals surface area contributed by atoms with Crippen LogP contribution in [0.4, 0.5) is 0 Å². The molecule has 0 atom stereocenters. The lowest BCUT2D eigenvalue weighted by Crippen LogP contribution is -2.39. The fourth-order valence-corrected chi connectivity index (χ4v) is 4.79. The van der Waals surface area contributed by atoms with E-state index < -0.39 is 16.6 Å². The standard InChI is InChI=1S/C21H19N3O5S2/c25-20-8-5-15-11-18(6-7-19(15)23-20)31(27,28)22-12-21(26)24(13-16-3-1-9-29-16)14-17-4-2-10-30-17/h1-11,22H,12-14H2,(H,23,25). The van der Waals surface area contributed by atoms with Gasteiger partial charge in [0.25, 0.3) is 0 Å². The van der Waals surface area contributed by atoms with Gasteiger partial charge in [-0.1, -0.05) is 6.07 Å². The van der Waals surface area contributed by atoms with Crippen LogP contribution in [0.15, 0.2) is 80.3 Å². The minimum absolute atomic E-state index is 0.00990. The summed E-state index contributed by atoms with van der Waals surface area (Å²) in [5, 5.41) is 2.49. The summed E-state index contributed by atoms with van der Waals surface area (Å²) in [6.45, 7) is 0.190. The number of nitrogens with one attached hydrogen (secondary N) is 2. The van der Waals surface area contributed by atoms with Crippen LogP contribution < -0.4 is 10.3 Å². The maximum absolute atomic E-state index is 12.8. The zero-order chi connectivity index (χ0) is 21.8. The van der Waals surface area contributed by atoms with Crippen molar-refractivity contribution < 1.29 is 17.6 Å². The highest BCUT2D eigenvalue weighted by atomic mass is 32.2. The first kappa shape index (κ1) is 21.0. The van der Waals surface area contributed by atoms with Crippen LogP contribution in [0.1, 0.15) is 10.6 Å². The first-order valence-electron chi connectivity index (χ1n) is 9.36. The molecule has 4 aromatic rings. The van der Waals surface area contributed by atoms with Crippen molar-refractivity contribution in [3.05, 3.63) is 87.2 Å². The number of sulfonamides is 1. The molecule has 10 heteroatoms. The number of pyridine rings is 1. The van der Waals surface area contributed by atoms with Crippen LogP contribution in [0.2, 0.25) is 0 Å². The van der Waals surface area contributed by atoms with Crippen molar-refractivity contribution in [2.24, 2.45) is 0 Å². The van der Waals surface area contributed by atoms with E-state index in [1.165, 1.54) is 46.8 Å². The molecule has 8 nitrogen and oxygen atoms in total. The summed E-state index contributed by atoms with van der Waals surface area (Å²) in [6, 6.07) is 14.5. The van der Waals surface area contributed by atoms with Crippen molar-refractivity contribution in [2.45, 2.75) is 18.0 Å². The molecule has 0 saturated carbocycles. The smallest absolute Gasteiger partial charge is 0.248 e. The summed E-state index contributed by atoms with van der Waals surface area (Å²) in [5.74, 6) is 0.231. The number of hydrogen-bond acceptors (Lipinski definition) is 6. The van der Waals surface area contributed by atoms with E-state index in [4.69, 9.17) is 4.42 Å². The molecular formula is C21H19N3O5S2. The van der Waals surface area contributed by atoms with Crippen molar-refractivity contribution >= 4 is 38.2 Å². The van der Waals surface area contributed by atoms with E-state index >= 15 is 0 Å². The van der Waals surface area contributed by atoms with Gasteiger partial charge in [0.2, 0.25) is 21.5 Å². The van der Waals surface area contributed by atoms with Crippen LogP contribution in [0, 0.1) is 0 Å². The number of fused-ring (bicyclic) bond motifs is 1. The van der Waals surface area contributed by atoms with Crippen LogP contribution in [0.25, 0.3) is 10.9 Å². The SMILES string of the molecule is O=C(CNS(=O)(=O)c1ccc2[nH]c(=O)ccc2c1)N(Cc1ccco1)Cc1cccs1. The van der Waals surface area contributed by atoms with E-state index in [1.54, 1.807) is 18.2 Å². The summed E-state index contributed by atoms with van der Waals surface area (Å²) in [5.41, 5.74) is 0.261. The van der Waals surface area contributed by atoms with Gasteiger partial charge >= 0.3 is 0 Å². The second-order valence-electron chi connectivity index (χ2n) is 6.80. The van der Waals surface area contributed by atoms with Gasteiger partial charge in [-0.15, -0.1) is 11.3 Å². The molecule has 31 heavy (non-hydrogen) atoms. The Hall–Kier alpha value is -3.21. The number of aromatic amines is 1. The molecule has 0 aliphatic rings. The highest BCUT2D eigenvalue weighted by Gasteiger charge is 2.21. The zero-order valence-corrected chi connectivity index (χ0v) is 17.9. The Bertz CT molecular complexity index is 1310. The monoisotopic (exact) mass is 457 g/mol. The molecule has 0 aliphatic carbocycles. The van der Waals surface area contributed by atoms with Gasteiger partial charge in [-0.2, -0.15) is 0 Å².